The van der Waals surface area contributed by atoms with Crippen molar-refractivity contribution in [3.63, 3.8) is 0 Å². The normalized spacial score (nSPS) is 23.6. The monoisotopic (exact) mass is 570 g/mol. The number of rotatable bonds is 8. The molecule has 1 fully saturated rings. The van der Waals surface area contributed by atoms with E-state index in [0.29, 0.717) is 16.7 Å². The zero-order chi connectivity index (χ0) is 29.5. The Labute approximate surface area is 236 Å². The summed E-state index contributed by atoms with van der Waals surface area (Å²) in [5.74, 6) is -0.186. The fraction of sp³-hybridized carbons (Fsp3) is 0.571. The van der Waals surface area contributed by atoms with E-state index in [2.05, 4.69) is 28.0 Å². The SMILES string of the molecule is COc1nc(N)nc2c1ncn2[C@@]1([Si](C)C)O[C@H](COC(C)(C)C)[C@@H](OC(=O)c2ccccc2)[C@@H]1OC(C)(C)C. The van der Waals surface area contributed by atoms with E-state index in [1.165, 1.54) is 7.11 Å². The van der Waals surface area contributed by atoms with E-state index < -0.39 is 49.6 Å². The third-order valence-electron chi connectivity index (χ3n) is 6.44. The number of hydrogen-bond donors (Lipinski definition) is 1. The smallest absolute Gasteiger partial charge is 0.338 e. The maximum absolute atomic E-state index is 13.4. The van der Waals surface area contributed by atoms with Crippen LogP contribution >= 0.6 is 0 Å². The maximum atomic E-state index is 13.4. The van der Waals surface area contributed by atoms with Gasteiger partial charge in [-0.15, -0.1) is 0 Å². The van der Waals surface area contributed by atoms with Gasteiger partial charge in [0.25, 0.3) is 0 Å². The van der Waals surface area contributed by atoms with E-state index in [9.17, 15) is 4.79 Å². The molecule has 12 heteroatoms. The van der Waals surface area contributed by atoms with E-state index in [1.54, 1.807) is 30.6 Å². The Morgan fingerprint density at radius 3 is 2.35 bits per heavy atom. The van der Waals surface area contributed by atoms with Gasteiger partial charge in [0.1, 0.15) is 21.0 Å². The van der Waals surface area contributed by atoms with Crippen LogP contribution in [0.15, 0.2) is 36.7 Å². The summed E-state index contributed by atoms with van der Waals surface area (Å²) in [4.78, 5) is 26.7. The second kappa shape index (κ2) is 11.1. The Morgan fingerprint density at radius 1 is 1.10 bits per heavy atom. The Hall–Kier alpha value is -3.06. The number of aromatic nitrogens is 4. The lowest BCUT2D eigenvalue weighted by Crippen LogP contribution is -2.57. The van der Waals surface area contributed by atoms with Gasteiger partial charge in [-0.2, -0.15) is 9.97 Å². The fourth-order valence-corrected chi connectivity index (χ4v) is 6.61. The first-order chi connectivity index (χ1) is 18.7. The lowest BCUT2D eigenvalue weighted by Gasteiger charge is -2.41. The molecule has 2 N–H and O–H groups in total. The molecule has 0 amide bonds. The van der Waals surface area contributed by atoms with Crippen molar-refractivity contribution in [3.8, 4) is 5.88 Å². The standard InChI is InChI=1S/C28H40N5O6Si/c1-26(2,3)36-15-18-20(37-24(34)17-13-11-10-12-14-17)21(39-27(4,5)6)28(38-18,40(8)9)33-16-30-19-22(33)31-25(29)32-23(19)35-7/h10-14,16,18,20-21H,15H2,1-9H3,(H2,29,31,32)/t18-,20-,21+,28-/m1/s1. The van der Waals surface area contributed by atoms with Crippen molar-refractivity contribution in [1.82, 2.24) is 19.5 Å². The Balaban J connectivity index is 1.91. The largest absolute Gasteiger partial charge is 0.479 e. The minimum atomic E-state index is -1.47. The zero-order valence-corrected chi connectivity index (χ0v) is 25.7. The predicted molar refractivity (Wildman–Crippen MR) is 153 cm³/mol. The van der Waals surface area contributed by atoms with E-state index >= 15 is 0 Å². The summed E-state index contributed by atoms with van der Waals surface area (Å²) in [6, 6.07) is 8.87. The first-order valence-corrected chi connectivity index (χ1v) is 15.8. The van der Waals surface area contributed by atoms with Crippen LogP contribution < -0.4 is 10.5 Å². The quantitative estimate of drug-likeness (QED) is 0.313. The number of esters is 1. The summed E-state index contributed by atoms with van der Waals surface area (Å²) in [5, 5.41) is -1.12. The molecule has 1 aliphatic rings. The molecule has 3 aromatic rings. The summed E-state index contributed by atoms with van der Waals surface area (Å²) in [5.41, 5.74) is 6.30. The number of nitrogens with zero attached hydrogens (tertiary/aromatic N) is 4. The summed E-state index contributed by atoms with van der Waals surface area (Å²) in [6.07, 6.45) is -0.566. The van der Waals surface area contributed by atoms with Crippen molar-refractivity contribution in [2.45, 2.75) is 89.5 Å². The lowest BCUT2D eigenvalue weighted by atomic mass is 10.1. The van der Waals surface area contributed by atoms with Crippen LogP contribution in [0.3, 0.4) is 0 Å². The molecular formula is C28H40N5O6Si. The van der Waals surface area contributed by atoms with Gasteiger partial charge in [0, 0.05) is 0 Å². The number of nitrogen functional groups attached to an aromatic ring is 1. The number of methoxy groups -OCH3 is 1. The number of anilines is 1. The highest BCUT2D eigenvalue weighted by Gasteiger charge is 2.62. The molecule has 0 spiro atoms. The Bertz CT molecular complexity index is 1340. The third kappa shape index (κ3) is 5.99. The van der Waals surface area contributed by atoms with Crippen LogP contribution in [0.25, 0.3) is 11.2 Å². The zero-order valence-electron chi connectivity index (χ0n) is 24.7. The molecule has 4 rings (SSSR count). The average molecular weight is 571 g/mol. The highest BCUT2D eigenvalue weighted by molar-refractivity contribution is 6.58. The molecule has 2 aromatic heterocycles. The molecule has 0 bridgehead atoms. The number of ether oxygens (including phenoxy) is 5. The van der Waals surface area contributed by atoms with E-state index in [-0.39, 0.29) is 18.4 Å². The number of imidazole rings is 1. The first-order valence-electron chi connectivity index (χ1n) is 13.3. The van der Waals surface area contributed by atoms with Gasteiger partial charge in [-0.05, 0) is 53.7 Å². The van der Waals surface area contributed by atoms with Crippen LogP contribution in [0.5, 0.6) is 5.88 Å². The van der Waals surface area contributed by atoms with Gasteiger partial charge in [0.05, 0.1) is 36.8 Å². The van der Waals surface area contributed by atoms with Crippen LogP contribution in [0.2, 0.25) is 13.1 Å². The van der Waals surface area contributed by atoms with Crippen molar-refractivity contribution in [2.75, 3.05) is 19.5 Å². The van der Waals surface area contributed by atoms with Crippen molar-refractivity contribution in [2.24, 2.45) is 0 Å². The highest BCUT2D eigenvalue weighted by Crippen LogP contribution is 2.45. The molecule has 0 saturated carbocycles. The van der Waals surface area contributed by atoms with E-state index in [4.69, 9.17) is 29.4 Å². The number of hydrogen-bond acceptors (Lipinski definition) is 10. The van der Waals surface area contributed by atoms with Crippen LogP contribution in [0.1, 0.15) is 51.9 Å². The predicted octanol–water partition coefficient (Wildman–Crippen LogP) is 3.99. The van der Waals surface area contributed by atoms with Crippen LogP contribution in [-0.2, 0) is 24.3 Å². The molecular weight excluding hydrogens is 530 g/mol. The summed E-state index contributed by atoms with van der Waals surface area (Å²) < 4.78 is 33.5. The Kier molecular flexibility index (Phi) is 8.28. The topological polar surface area (TPSA) is 133 Å². The van der Waals surface area contributed by atoms with Gasteiger partial charge in [-0.1, -0.05) is 31.3 Å². The van der Waals surface area contributed by atoms with Gasteiger partial charge >= 0.3 is 5.97 Å². The minimum Gasteiger partial charge on any atom is -0.479 e. The maximum Gasteiger partial charge on any atom is 0.338 e. The van der Waals surface area contributed by atoms with Crippen LogP contribution in [0, 0.1) is 0 Å². The molecule has 11 nitrogen and oxygen atoms in total. The van der Waals surface area contributed by atoms with Gasteiger partial charge in [0.2, 0.25) is 11.8 Å². The van der Waals surface area contributed by atoms with Crippen molar-refractivity contribution in [1.29, 1.82) is 0 Å². The molecule has 0 unspecified atom stereocenters. The number of nitrogens with two attached hydrogens (primary N) is 1. The second-order valence-corrected chi connectivity index (χ2v) is 14.8. The Morgan fingerprint density at radius 2 is 1.77 bits per heavy atom. The average Bonchev–Trinajstić information content (AvgIpc) is 3.41. The van der Waals surface area contributed by atoms with Gasteiger partial charge in [0.15, 0.2) is 22.6 Å². The lowest BCUT2D eigenvalue weighted by molar-refractivity contribution is -0.154. The van der Waals surface area contributed by atoms with Gasteiger partial charge in [-0.3, -0.25) is 4.57 Å². The molecule has 1 saturated heterocycles. The van der Waals surface area contributed by atoms with Crippen LogP contribution in [-0.4, -0.2) is 77.5 Å². The van der Waals surface area contributed by atoms with Crippen molar-refractivity contribution in [3.05, 3.63) is 42.2 Å². The molecule has 3 heterocycles. The van der Waals surface area contributed by atoms with Gasteiger partial charge in [-0.25, -0.2) is 9.78 Å². The number of carbonyl (C=O) groups is 1. The third-order valence-corrected chi connectivity index (χ3v) is 8.52. The molecule has 217 valence electrons. The fourth-order valence-electron chi connectivity index (χ4n) is 4.79. The van der Waals surface area contributed by atoms with Crippen LogP contribution in [0.4, 0.5) is 5.95 Å². The number of fused-ring (bicyclic) bond motifs is 1. The molecule has 1 aliphatic heterocycles. The molecule has 4 atom stereocenters. The summed E-state index contributed by atoms with van der Waals surface area (Å²) in [6.45, 7) is 16.2. The van der Waals surface area contributed by atoms with Crippen molar-refractivity contribution >= 4 is 31.9 Å². The van der Waals surface area contributed by atoms with Gasteiger partial charge < -0.3 is 29.4 Å². The molecule has 1 radical (unpaired) electrons. The summed E-state index contributed by atoms with van der Waals surface area (Å²) in [7, 11) is 0.0350. The van der Waals surface area contributed by atoms with E-state index in [0.717, 1.165) is 0 Å². The summed E-state index contributed by atoms with van der Waals surface area (Å²) >= 11 is 0. The highest BCUT2D eigenvalue weighted by atomic mass is 28.3. The number of carbonyl (C=O) groups excluding carboxylic acids is 1. The molecule has 1 aromatic carbocycles. The van der Waals surface area contributed by atoms with Crippen molar-refractivity contribution < 1.29 is 28.5 Å². The minimum absolute atomic E-state index is 0.0354. The molecule has 40 heavy (non-hydrogen) atoms. The van der Waals surface area contributed by atoms with E-state index in [1.807, 2.05) is 52.2 Å². The first kappa shape index (κ1) is 29.9. The molecule has 0 aliphatic carbocycles. The second-order valence-electron chi connectivity index (χ2n) is 12.0. The number of benzene rings is 1.